The Balaban J connectivity index is 2.07. The van der Waals surface area contributed by atoms with Gasteiger partial charge in [0.1, 0.15) is 5.75 Å². The van der Waals surface area contributed by atoms with Crippen molar-refractivity contribution in [1.29, 1.82) is 0 Å². The van der Waals surface area contributed by atoms with Crippen molar-refractivity contribution >= 4 is 0 Å². The third-order valence-electron chi connectivity index (χ3n) is 3.51. The summed E-state index contributed by atoms with van der Waals surface area (Å²) in [5.74, 6) is 0.943. The van der Waals surface area contributed by atoms with Gasteiger partial charge in [-0.3, -0.25) is 4.90 Å². The molecule has 17 heavy (non-hydrogen) atoms. The molecule has 0 aromatic heterocycles. The number of hydrogen-bond acceptors (Lipinski definition) is 3. The van der Waals surface area contributed by atoms with Gasteiger partial charge in [0.25, 0.3) is 0 Å². The predicted molar refractivity (Wildman–Crippen MR) is 70.3 cm³/mol. The van der Waals surface area contributed by atoms with Gasteiger partial charge in [-0.2, -0.15) is 0 Å². The van der Waals surface area contributed by atoms with Gasteiger partial charge < -0.3 is 10.1 Å². The van der Waals surface area contributed by atoms with Crippen molar-refractivity contribution in [1.82, 2.24) is 10.2 Å². The van der Waals surface area contributed by atoms with Gasteiger partial charge in [-0.05, 0) is 31.5 Å². The van der Waals surface area contributed by atoms with Gasteiger partial charge >= 0.3 is 0 Å². The zero-order chi connectivity index (χ0) is 12.3. The minimum Gasteiger partial charge on any atom is -0.497 e. The molecular formula is C14H22N2O. The smallest absolute Gasteiger partial charge is 0.119 e. The van der Waals surface area contributed by atoms with E-state index in [9.17, 15) is 0 Å². The maximum atomic E-state index is 5.27. The molecule has 1 aliphatic rings. The van der Waals surface area contributed by atoms with E-state index in [2.05, 4.69) is 42.3 Å². The van der Waals surface area contributed by atoms with Crippen LogP contribution in [0.3, 0.4) is 0 Å². The molecule has 0 unspecified atom stereocenters. The molecule has 1 saturated heterocycles. The molecule has 0 bridgehead atoms. The molecule has 2 rings (SSSR count). The van der Waals surface area contributed by atoms with E-state index in [1.54, 1.807) is 7.11 Å². The second-order valence-corrected chi connectivity index (χ2v) is 4.88. The van der Waals surface area contributed by atoms with Gasteiger partial charge in [-0.15, -0.1) is 0 Å². The lowest BCUT2D eigenvalue weighted by Gasteiger charge is -2.39. The molecule has 3 heteroatoms. The molecule has 0 amide bonds. The van der Waals surface area contributed by atoms with Crippen LogP contribution in [0.1, 0.15) is 19.4 Å². The highest BCUT2D eigenvalue weighted by Crippen LogP contribution is 2.18. The zero-order valence-electron chi connectivity index (χ0n) is 10.9. The van der Waals surface area contributed by atoms with Crippen molar-refractivity contribution < 1.29 is 4.74 Å². The minimum atomic E-state index is 0.588. The molecule has 0 saturated carbocycles. The molecular weight excluding hydrogens is 212 g/mol. The van der Waals surface area contributed by atoms with Crippen molar-refractivity contribution in [2.75, 3.05) is 20.2 Å². The molecule has 1 heterocycles. The molecule has 1 aromatic carbocycles. The summed E-state index contributed by atoms with van der Waals surface area (Å²) in [6.45, 7) is 7.72. The number of nitrogens with one attached hydrogen (secondary N) is 1. The molecule has 1 fully saturated rings. The van der Waals surface area contributed by atoms with E-state index >= 15 is 0 Å². The molecule has 1 aromatic rings. The number of methoxy groups -OCH3 is 1. The molecule has 2 atom stereocenters. The number of rotatable bonds is 3. The van der Waals surface area contributed by atoms with E-state index in [0.29, 0.717) is 12.1 Å². The standard InChI is InChI=1S/C14H22N2O/c1-11-8-15-9-12(2)16(11)10-13-5-4-6-14(7-13)17-3/h4-7,11-12,15H,8-10H2,1-3H3/t11-,12+. The normalized spacial score (nSPS) is 25.8. The summed E-state index contributed by atoms with van der Waals surface area (Å²) < 4.78 is 5.27. The Morgan fingerprint density at radius 1 is 1.29 bits per heavy atom. The van der Waals surface area contributed by atoms with Crippen molar-refractivity contribution in [3.63, 3.8) is 0 Å². The molecule has 0 aliphatic carbocycles. The molecule has 3 nitrogen and oxygen atoms in total. The van der Waals surface area contributed by atoms with E-state index in [4.69, 9.17) is 4.74 Å². The van der Waals surface area contributed by atoms with Crippen molar-refractivity contribution in [3.05, 3.63) is 29.8 Å². The van der Waals surface area contributed by atoms with E-state index in [-0.39, 0.29) is 0 Å². The molecule has 94 valence electrons. The number of piperazine rings is 1. The monoisotopic (exact) mass is 234 g/mol. The van der Waals surface area contributed by atoms with Crippen LogP contribution >= 0.6 is 0 Å². The first-order valence-electron chi connectivity index (χ1n) is 6.30. The molecule has 1 aliphatic heterocycles. The Hall–Kier alpha value is -1.06. The fourth-order valence-electron chi connectivity index (χ4n) is 2.46. The lowest BCUT2D eigenvalue weighted by Crippen LogP contribution is -2.54. The van der Waals surface area contributed by atoms with Crippen LogP contribution in [0.25, 0.3) is 0 Å². The highest BCUT2D eigenvalue weighted by Gasteiger charge is 2.24. The molecule has 0 radical (unpaired) electrons. The highest BCUT2D eigenvalue weighted by molar-refractivity contribution is 5.28. The van der Waals surface area contributed by atoms with Gasteiger partial charge in [0.15, 0.2) is 0 Å². The lowest BCUT2D eigenvalue weighted by atomic mass is 10.1. The van der Waals surface area contributed by atoms with Gasteiger partial charge in [-0.1, -0.05) is 12.1 Å². The maximum Gasteiger partial charge on any atom is 0.119 e. The average Bonchev–Trinajstić information content (AvgIpc) is 2.34. The fourth-order valence-corrected chi connectivity index (χ4v) is 2.46. The molecule has 1 N–H and O–H groups in total. The van der Waals surface area contributed by atoms with Crippen molar-refractivity contribution in [2.45, 2.75) is 32.5 Å². The van der Waals surface area contributed by atoms with Gasteiger partial charge in [0.05, 0.1) is 7.11 Å². The van der Waals surface area contributed by atoms with E-state index in [0.717, 1.165) is 25.4 Å². The average molecular weight is 234 g/mol. The van der Waals surface area contributed by atoms with E-state index in [1.165, 1.54) is 5.56 Å². The van der Waals surface area contributed by atoms with Gasteiger partial charge in [-0.25, -0.2) is 0 Å². The summed E-state index contributed by atoms with van der Waals surface area (Å²) in [5, 5.41) is 3.46. The van der Waals surface area contributed by atoms with Crippen LogP contribution in [0.4, 0.5) is 0 Å². The lowest BCUT2D eigenvalue weighted by molar-refractivity contribution is 0.108. The van der Waals surface area contributed by atoms with Crippen LogP contribution in [-0.4, -0.2) is 37.2 Å². The number of hydrogen-bond donors (Lipinski definition) is 1. The summed E-state index contributed by atoms with van der Waals surface area (Å²) in [7, 11) is 1.72. The van der Waals surface area contributed by atoms with Crippen LogP contribution in [0.15, 0.2) is 24.3 Å². The summed E-state index contributed by atoms with van der Waals surface area (Å²) in [6.07, 6.45) is 0. The summed E-state index contributed by atoms with van der Waals surface area (Å²) in [5.41, 5.74) is 1.32. The highest BCUT2D eigenvalue weighted by atomic mass is 16.5. The summed E-state index contributed by atoms with van der Waals surface area (Å²) in [6, 6.07) is 9.53. The van der Waals surface area contributed by atoms with Crippen LogP contribution in [0, 0.1) is 0 Å². The Bertz CT molecular complexity index is 357. The van der Waals surface area contributed by atoms with Crippen molar-refractivity contribution in [3.8, 4) is 5.75 Å². The maximum absolute atomic E-state index is 5.27. The first kappa shape index (κ1) is 12.4. The summed E-state index contributed by atoms with van der Waals surface area (Å²) in [4.78, 5) is 2.55. The predicted octanol–water partition coefficient (Wildman–Crippen LogP) is 1.88. The Morgan fingerprint density at radius 3 is 2.65 bits per heavy atom. The second-order valence-electron chi connectivity index (χ2n) is 4.88. The zero-order valence-corrected chi connectivity index (χ0v) is 10.9. The largest absolute Gasteiger partial charge is 0.497 e. The fraction of sp³-hybridized carbons (Fsp3) is 0.571. The Labute approximate surface area is 104 Å². The number of nitrogens with zero attached hydrogens (tertiary/aromatic N) is 1. The van der Waals surface area contributed by atoms with Crippen LogP contribution < -0.4 is 10.1 Å². The quantitative estimate of drug-likeness (QED) is 0.864. The first-order chi connectivity index (χ1) is 8.20. The van der Waals surface area contributed by atoms with Gasteiger partial charge in [0.2, 0.25) is 0 Å². The van der Waals surface area contributed by atoms with Crippen molar-refractivity contribution in [2.24, 2.45) is 0 Å². The van der Waals surface area contributed by atoms with Crippen LogP contribution in [-0.2, 0) is 6.54 Å². The Kier molecular flexibility index (Phi) is 4.02. The summed E-state index contributed by atoms with van der Waals surface area (Å²) >= 11 is 0. The number of ether oxygens (including phenoxy) is 1. The second kappa shape index (κ2) is 5.52. The third kappa shape index (κ3) is 2.99. The Morgan fingerprint density at radius 2 is 2.00 bits per heavy atom. The SMILES string of the molecule is COc1cccc(CN2[C@H](C)CNC[C@@H]2C)c1. The van der Waals surface area contributed by atoms with Crippen LogP contribution in [0.5, 0.6) is 5.75 Å². The first-order valence-corrected chi connectivity index (χ1v) is 6.30. The van der Waals surface area contributed by atoms with E-state index in [1.807, 2.05) is 6.07 Å². The van der Waals surface area contributed by atoms with E-state index < -0.39 is 0 Å². The molecule has 0 spiro atoms. The van der Waals surface area contributed by atoms with Crippen LogP contribution in [0.2, 0.25) is 0 Å². The minimum absolute atomic E-state index is 0.588. The number of benzene rings is 1. The topological polar surface area (TPSA) is 24.5 Å². The third-order valence-corrected chi connectivity index (χ3v) is 3.51. The van der Waals surface area contributed by atoms with Gasteiger partial charge in [0, 0.05) is 31.7 Å².